The van der Waals surface area contributed by atoms with Crippen LogP contribution in [-0.2, 0) is 4.74 Å². The molecule has 5 heteroatoms. The van der Waals surface area contributed by atoms with Crippen molar-refractivity contribution < 1.29 is 14.3 Å². The normalized spacial score (nSPS) is 10.5. The Morgan fingerprint density at radius 3 is 2.56 bits per heavy atom. The van der Waals surface area contributed by atoms with Gasteiger partial charge >= 0.3 is 5.97 Å². The predicted octanol–water partition coefficient (Wildman–Crippen LogP) is 4.55. The number of carbonyl (C=O) groups excluding carboxylic acids is 1. The zero-order valence-electron chi connectivity index (χ0n) is 14.3. The first-order valence-electron chi connectivity index (χ1n) is 8.27. The summed E-state index contributed by atoms with van der Waals surface area (Å²) in [5.74, 6) is 0.491. The van der Waals surface area contributed by atoms with Crippen LogP contribution in [0.1, 0.15) is 24.2 Å². The van der Waals surface area contributed by atoms with E-state index < -0.39 is 0 Å². The number of ether oxygens (including phenoxy) is 2. The molecule has 25 heavy (non-hydrogen) atoms. The first-order valence-corrected chi connectivity index (χ1v) is 8.27. The van der Waals surface area contributed by atoms with E-state index in [0.29, 0.717) is 18.8 Å². The molecule has 128 valence electrons. The van der Waals surface area contributed by atoms with Gasteiger partial charge in [-0.3, -0.25) is 4.98 Å². The molecule has 0 unspecified atom stereocenters. The van der Waals surface area contributed by atoms with Crippen LogP contribution >= 0.6 is 0 Å². The van der Waals surface area contributed by atoms with Gasteiger partial charge in [0.05, 0.1) is 24.3 Å². The lowest BCUT2D eigenvalue weighted by Crippen LogP contribution is -2.04. The van der Waals surface area contributed by atoms with Crippen LogP contribution in [-0.4, -0.2) is 24.2 Å². The first kappa shape index (κ1) is 16.8. The molecule has 0 bridgehead atoms. The number of pyridine rings is 1. The number of nitrogens with zero attached hydrogens (tertiary/aromatic N) is 1. The Morgan fingerprint density at radius 2 is 1.84 bits per heavy atom. The molecule has 0 aliphatic rings. The Morgan fingerprint density at radius 1 is 1.04 bits per heavy atom. The Balaban J connectivity index is 1.84. The van der Waals surface area contributed by atoms with Crippen LogP contribution in [0.3, 0.4) is 0 Å². The number of aromatic nitrogens is 1. The highest BCUT2D eigenvalue weighted by atomic mass is 16.5. The molecule has 3 rings (SSSR count). The van der Waals surface area contributed by atoms with Crippen LogP contribution in [0.5, 0.6) is 5.75 Å². The summed E-state index contributed by atoms with van der Waals surface area (Å²) < 4.78 is 10.5. The van der Waals surface area contributed by atoms with E-state index in [1.54, 1.807) is 25.3 Å². The van der Waals surface area contributed by atoms with Crippen LogP contribution in [0.2, 0.25) is 0 Å². The van der Waals surface area contributed by atoms with Gasteiger partial charge in [-0.15, -0.1) is 0 Å². The first-order chi connectivity index (χ1) is 12.2. The molecule has 2 aromatic carbocycles. The Hall–Kier alpha value is -3.08. The number of benzene rings is 2. The molecule has 1 N–H and O–H groups in total. The minimum atomic E-state index is -0.313. The van der Waals surface area contributed by atoms with Crippen molar-refractivity contribution in [3.8, 4) is 5.75 Å². The third-order valence-corrected chi connectivity index (χ3v) is 3.70. The molecule has 0 radical (unpaired) electrons. The number of fused-ring (bicyclic) bond motifs is 1. The van der Waals surface area contributed by atoms with E-state index in [0.717, 1.165) is 28.0 Å². The summed E-state index contributed by atoms with van der Waals surface area (Å²) >= 11 is 0. The number of rotatable bonds is 6. The topological polar surface area (TPSA) is 60.5 Å². The lowest BCUT2D eigenvalue weighted by Gasteiger charge is -2.11. The molecule has 1 aromatic heterocycles. The third-order valence-electron chi connectivity index (χ3n) is 3.70. The highest BCUT2D eigenvalue weighted by Crippen LogP contribution is 2.28. The fourth-order valence-electron chi connectivity index (χ4n) is 2.55. The monoisotopic (exact) mass is 336 g/mol. The highest BCUT2D eigenvalue weighted by molar-refractivity contribution is 5.94. The predicted molar refractivity (Wildman–Crippen MR) is 98.6 cm³/mol. The van der Waals surface area contributed by atoms with Crippen molar-refractivity contribution in [1.29, 1.82) is 0 Å². The maximum absolute atomic E-state index is 11.7. The highest BCUT2D eigenvalue weighted by Gasteiger charge is 2.07. The van der Waals surface area contributed by atoms with E-state index in [-0.39, 0.29) is 5.97 Å². The molecular weight excluding hydrogens is 316 g/mol. The van der Waals surface area contributed by atoms with Crippen molar-refractivity contribution in [1.82, 2.24) is 4.98 Å². The van der Waals surface area contributed by atoms with Gasteiger partial charge in [0, 0.05) is 29.0 Å². The van der Waals surface area contributed by atoms with Crippen molar-refractivity contribution in [2.45, 2.75) is 13.8 Å². The SMILES string of the molecule is CCOC(=O)c1ccc(Nc2ccnc3cc(OCC)ccc23)cc1. The third kappa shape index (κ3) is 3.88. The molecule has 0 amide bonds. The maximum Gasteiger partial charge on any atom is 0.338 e. The summed E-state index contributed by atoms with van der Waals surface area (Å²) in [7, 11) is 0. The van der Waals surface area contributed by atoms with Gasteiger partial charge in [0.15, 0.2) is 0 Å². The largest absolute Gasteiger partial charge is 0.494 e. The summed E-state index contributed by atoms with van der Waals surface area (Å²) in [6, 6.07) is 15.0. The van der Waals surface area contributed by atoms with Crippen molar-refractivity contribution in [2.24, 2.45) is 0 Å². The number of esters is 1. The summed E-state index contributed by atoms with van der Waals surface area (Å²) in [5, 5.41) is 4.36. The van der Waals surface area contributed by atoms with E-state index in [2.05, 4.69) is 10.3 Å². The average molecular weight is 336 g/mol. The smallest absolute Gasteiger partial charge is 0.338 e. The fraction of sp³-hybridized carbons (Fsp3) is 0.200. The standard InChI is InChI=1S/C20H20N2O3/c1-3-24-16-9-10-17-18(11-12-21-19(17)13-16)22-15-7-5-14(6-8-15)20(23)25-4-2/h5-13H,3-4H2,1-2H3,(H,21,22). The van der Waals surface area contributed by atoms with Gasteiger partial charge in [0.2, 0.25) is 0 Å². The second-order valence-electron chi connectivity index (χ2n) is 5.39. The number of nitrogens with one attached hydrogen (secondary N) is 1. The van der Waals surface area contributed by atoms with E-state index in [1.165, 1.54) is 0 Å². The van der Waals surface area contributed by atoms with E-state index in [1.807, 2.05) is 43.3 Å². The molecule has 3 aromatic rings. The summed E-state index contributed by atoms with van der Waals surface area (Å²) in [6.07, 6.45) is 1.76. The molecular formula is C20H20N2O3. The fourth-order valence-corrected chi connectivity index (χ4v) is 2.55. The maximum atomic E-state index is 11.7. The van der Waals surface area contributed by atoms with E-state index in [4.69, 9.17) is 9.47 Å². The molecule has 1 heterocycles. The van der Waals surface area contributed by atoms with Gasteiger partial charge in [-0.2, -0.15) is 0 Å². The number of carbonyl (C=O) groups is 1. The van der Waals surface area contributed by atoms with Gasteiger partial charge in [0.25, 0.3) is 0 Å². The van der Waals surface area contributed by atoms with Gasteiger partial charge in [-0.05, 0) is 56.3 Å². The van der Waals surface area contributed by atoms with Gasteiger partial charge in [0.1, 0.15) is 5.75 Å². The van der Waals surface area contributed by atoms with E-state index in [9.17, 15) is 4.79 Å². The van der Waals surface area contributed by atoms with Gasteiger partial charge in [-0.1, -0.05) is 0 Å². The molecule has 5 nitrogen and oxygen atoms in total. The minimum Gasteiger partial charge on any atom is -0.494 e. The van der Waals surface area contributed by atoms with Gasteiger partial charge in [-0.25, -0.2) is 4.79 Å². The zero-order valence-corrected chi connectivity index (χ0v) is 14.3. The Bertz CT molecular complexity index is 876. The van der Waals surface area contributed by atoms with Crippen LogP contribution in [0.25, 0.3) is 10.9 Å². The second kappa shape index (κ2) is 7.66. The van der Waals surface area contributed by atoms with Crippen LogP contribution < -0.4 is 10.1 Å². The molecule has 0 aliphatic carbocycles. The number of anilines is 2. The molecule has 0 fully saturated rings. The van der Waals surface area contributed by atoms with Crippen LogP contribution in [0, 0.1) is 0 Å². The quantitative estimate of drug-likeness (QED) is 0.669. The summed E-state index contributed by atoms with van der Waals surface area (Å²) in [6.45, 7) is 4.73. The lowest BCUT2D eigenvalue weighted by atomic mass is 10.1. The lowest BCUT2D eigenvalue weighted by molar-refractivity contribution is 0.0526. The second-order valence-corrected chi connectivity index (χ2v) is 5.39. The molecule has 0 saturated heterocycles. The number of hydrogen-bond donors (Lipinski definition) is 1. The molecule has 0 saturated carbocycles. The molecule has 0 atom stereocenters. The summed E-state index contributed by atoms with van der Waals surface area (Å²) in [5.41, 5.74) is 3.22. The molecule has 0 spiro atoms. The Labute approximate surface area is 146 Å². The van der Waals surface area contributed by atoms with Crippen molar-refractivity contribution in [3.05, 3.63) is 60.3 Å². The Kier molecular flexibility index (Phi) is 5.14. The average Bonchev–Trinajstić information content (AvgIpc) is 2.63. The van der Waals surface area contributed by atoms with E-state index >= 15 is 0 Å². The number of hydrogen-bond acceptors (Lipinski definition) is 5. The van der Waals surface area contributed by atoms with Gasteiger partial charge < -0.3 is 14.8 Å². The zero-order chi connectivity index (χ0) is 17.6. The van der Waals surface area contributed by atoms with Crippen molar-refractivity contribution in [2.75, 3.05) is 18.5 Å². The van der Waals surface area contributed by atoms with Crippen molar-refractivity contribution in [3.63, 3.8) is 0 Å². The minimum absolute atomic E-state index is 0.313. The van der Waals surface area contributed by atoms with Crippen molar-refractivity contribution >= 4 is 28.2 Å². The summed E-state index contributed by atoms with van der Waals surface area (Å²) in [4.78, 5) is 16.1. The van der Waals surface area contributed by atoms with Crippen LogP contribution in [0.4, 0.5) is 11.4 Å². The van der Waals surface area contributed by atoms with Crippen LogP contribution in [0.15, 0.2) is 54.7 Å². The molecule has 0 aliphatic heterocycles.